The lowest BCUT2D eigenvalue weighted by Gasteiger charge is -2.28. The largest absolute Gasteiger partial charge is 0.481 e. The number of nitrogens with zero attached hydrogens (tertiary/aromatic N) is 2. The number of carboxylic acids is 1. The number of aliphatic carboxylic acids is 1. The second-order valence-electron chi connectivity index (χ2n) is 4.20. The molecule has 0 aromatic carbocycles. The monoisotopic (exact) mass is 274 g/mol. The maximum Gasteiger partial charge on any atom is 0.305 e. The molecule has 1 saturated heterocycles. The molecule has 1 heterocycles. The highest BCUT2D eigenvalue weighted by Gasteiger charge is 2.27. The van der Waals surface area contributed by atoms with Crippen molar-refractivity contribution in [3.05, 3.63) is 0 Å². The van der Waals surface area contributed by atoms with Crippen LogP contribution in [0.1, 0.15) is 20.3 Å². The number of rotatable bonds is 6. The molecular weight excluding hydrogens is 256 g/mol. The smallest absolute Gasteiger partial charge is 0.305 e. The van der Waals surface area contributed by atoms with E-state index in [4.69, 9.17) is 5.11 Å². The zero-order chi connectivity index (χ0) is 13.7. The van der Waals surface area contributed by atoms with Crippen molar-refractivity contribution in [2.45, 2.75) is 26.3 Å². The highest BCUT2D eigenvalue weighted by molar-refractivity contribution is 8.00. The first-order valence-electron chi connectivity index (χ1n) is 5.82. The minimum Gasteiger partial charge on any atom is -0.481 e. The molecule has 0 spiro atoms. The Morgan fingerprint density at radius 2 is 2.22 bits per heavy atom. The Morgan fingerprint density at radius 3 is 2.67 bits per heavy atom. The van der Waals surface area contributed by atoms with Crippen molar-refractivity contribution in [2.75, 3.05) is 24.7 Å². The van der Waals surface area contributed by atoms with E-state index in [0.717, 1.165) is 0 Å². The number of hydrogen-bond acceptors (Lipinski definition) is 4. The van der Waals surface area contributed by atoms with Gasteiger partial charge in [-0.2, -0.15) is 0 Å². The first-order valence-corrected chi connectivity index (χ1v) is 6.98. The van der Waals surface area contributed by atoms with Gasteiger partial charge in [0.05, 0.1) is 18.1 Å². The number of hydrogen-bond donors (Lipinski definition) is 1. The Kier molecular flexibility index (Phi) is 5.46. The van der Waals surface area contributed by atoms with E-state index in [0.29, 0.717) is 18.2 Å². The van der Waals surface area contributed by atoms with Gasteiger partial charge in [-0.25, -0.2) is 0 Å². The molecule has 0 aromatic rings. The normalized spacial score (nSPS) is 16.8. The lowest BCUT2D eigenvalue weighted by molar-refractivity contribution is -0.142. The highest BCUT2D eigenvalue weighted by atomic mass is 32.2. The average Bonchev–Trinajstić information content (AvgIpc) is 2.64. The minimum atomic E-state index is -0.929. The number of carbonyl (C=O) groups excluding carboxylic acids is 2. The van der Waals surface area contributed by atoms with Gasteiger partial charge in [0.15, 0.2) is 0 Å². The summed E-state index contributed by atoms with van der Waals surface area (Å²) in [6.07, 6.45) is -0.0811. The van der Waals surface area contributed by atoms with Gasteiger partial charge in [-0.05, 0) is 13.8 Å². The summed E-state index contributed by atoms with van der Waals surface area (Å²) in [5.74, 6) is -0.196. The van der Waals surface area contributed by atoms with Crippen LogP contribution >= 0.6 is 11.8 Å². The van der Waals surface area contributed by atoms with Crippen molar-refractivity contribution < 1.29 is 19.5 Å². The summed E-state index contributed by atoms with van der Waals surface area (Å²) >= 11 is 1.48. The second-order valence-corrected chi connectivity index (χ2v) is 5.15. The van der Waals surface area contributed by atoms with Crippen LogP contribution in [0.4, 0.5) is 0 Å². The summed E-state index contributed by atoms with van der Waals surface area (Å²) < 4.78 is 0. The topological polar surface area (TPSA) is 77.9 Å². The van der Waals surface area contributed by atoms with E-state index < -0.39 is 5.97 Å². The lowest BCUT2D eigenvalue weighted by Crippen LogP contribution is -2.45. The van der Waals surface area contributed by atoms with E-state index in [2.05, 4.69) is 0 Å². The maximum atomic E-state index is 12.0. The third-order valence-electron chi connectivity index (χ3n) is 2.81. The van der Waals surface area contributed by atoms with Crippen LogP contribution in [0.3, 0.4) is 0 Å². The summed E-state index contributed by atoms with van der Waals surface area (Å²) in [4.78, 5) is 37.1. The van der Waals surface area contributed by atoms with Crippen LogP contribution in [0.5, 0.6) is 0 Å². The van der Waals surface area contributed by atoms with Crippen molar-refractivity contribution in [2.24, 2.45) is 0 Å². The van der Waals surface area contributed by atoms with E-state index in [-0.39, 0.29) is 30.8 Å². The van der Waals surface area contributed by atoms with Gasteiger partial charge in [-0.1, -0.05) is 0 Å². The Morgan fingerprint density at radius 1 is 1.56 bits per heavy atom. The fourth-order valence-corrected chi connectivity index (χ4v) is 2.80. The third kappa shape index (κ3) is 3.90. The van der Waals surface area contributed by atoms with E-state index >= 15 is 0 Å². The molecule has 0 radical (unpaired) electrons. The maximum absolute atomic E-state index is 12.0. The Labute approximate surface area is 110 Å². The molecular formula is C11H18N2O4S. The minimum absolute atomic E-state index is 0.0321. The van der Waals surface area contributed by atoms with Crippen molar-refractivity contribution in [3.63, 3.8) is 0 Å². The molecule has 18 heavy (non-hydrogen) atoms. The van der Waals surface area contributed by atoms with Crippen LogP contribution in [-0.2, 0) is 14.4 Å². The molecule has 1 aliphatic heterocycles. The van der Waals surface area contributed by atoms with Crippen LogP contribution in [0.15, 0.2) is 0 Å². The first kappa shape index (κ1) is 14.8. The van der Waals surface area contributed by atoms with Crippen LogP contribution in [0.2, 0.25) is 0 Å². The molecule has 6 nitrogen and oxygen atoms in total. The quantitative estimate of drug-likeness (QED) is 0.750. The molecule has 7 heteroatoms. The molecule has 1 fully saturated rings. The van der Waals surface area contributed by atoms with Crippen molar-refractivity contribution in [3.8, 4) is 0 Å². The molecule has 0 bridgehead atoms. The van der Waals surface area contributed by atoms with Crippen LogP contribution in [-0.4, -0.2) is 63.5 Å². The van der Waals surface area contributed by atoms with Gasteiger partial charge in [0, 0.05) is 12.6 Å². The highest BCUT2D eigenvalue weighted by Crippen LogP contribution is 2.15. The van der Waals surface area contributed by atoms with Gasteiger partial charge >= 0.3 is 5.97 Å². The van der Waals surface area contributed by atoms with Gasteiger partial charge in [-0.3, -0.25) is 14.4 Å². The number of carbonyl (C=O) groups is 3. The third-order valence-corrected chi connectivity index (χ3v) is 3.76. The lowest BCUT2D eigenvalue weighted by atomic mass is 10.2. The van der Waals surface area contributed by atoms with E-state index in [1.165, 1.54) is 21.6 Å². The summed E-state index contributed by atoms with van der Waals surface area (Å²) in [5.41, 5.74) is 0. The zero-order valence-corrected chi connectivity index (χ0v) is 11.4. The summed E-state index contributed by atoms with van der Waals surface area (Å²) in [6, 6.07) is -0.356. The van der Waals surface area contributed by atoms with Gasteiger partial charge in [0.25, 0.3) is 0 Å². The summed E-state index contributed by atoms with van der Waals surface area (Å²) in [6.45, 7) is 4.00. The van der Waals surface area contributed by atoms with E-state index in [9.17, 15) is 14.4 Å². The molecule has 102 valence electrons. The number of thioether (sulfide) groups is 1. The standard InChI is InChI=1S/C11H18N2O4S/c1-3-13(8(2)4-11(16)17)9(14)5-12-7-18-6-10(12)15/h8H,3-7H2,1-2H3,(H,16,17). The molecule has 2 amide bonds. The SMILES string of the molecule is CCN(C(=O)CN1CSCC1=O)C(C)CC(=O)O. The summed E-state index contributed by atoms with van der Waals surface area (Å²) in [7, 11) is 0. The summed E-state index contributed by atoms with van der Waals surface area (Å²) in [5, 5.41) is 8.73. The molecule has 1 N–H and O–H groups in total. The van der Waals surface area contributed by atoms with Gasteiger partial charge in [-0.15, -0.1) is 11.8 Å². The average molecular weight is 274 g/mol. The molecule has 0 saturated carbocycles. The Hall–Kier alpha value is -1.24. The van der Waals surface area contributed by atoms with Gasteiger partial charge in [0.1, 0.15) is 6.54 Å². The predicted octanol–water partition coefficient (Wildman–Crippen LogP) is 0.231. The van der Waals surface area contributed by atoms with Gasteiger partial charge in [0.2, 0.25) is 11.8 Å². The molecule has 0 aliphatic carbocycles. The van der Waals surface area contributed by atoms with Crippen molar-refractivity contribution in [1.29, 1.82) is 0 Å². The molecule has 1 rings (SSSR count). The first-order chi connectivity index (χ1) is 8.45. The van der Waals surface area contributed by atoms with E-state index in [1.807, 2.05) is 0 Å². The molecule has 1 atom stereocenters. The Bertz CT molecular complexity index is 348. The van der Waals surface area contributed by atoms with Crippen LogP contribution in [0, 0.1) is 0 Å². The number of amides is 2. The van der Waals surface area contributed by atoms with Crippen molar-refractivity contribution >= 4 is 29.5 Å². The molecule has 0 aromatic heterocycles. The number of carboxylic acid groups (broad SMARTS) is 1. The Balaban J connectivity index is 2.56. The molecule has 1 unspecified atom stereocenters. The molecule has 1 aliphatic rings. The second kappa shape index (κ2) is 6.63. The fraction of sp³-hybridized carbons (Fsp3) is 0.727. The van der Waals surface area contributed by atoms with Crippen molar-refractivity contribution in [1.82, 2.24) is 9.80 Å². The van der Waals surface area contributed by atoms with Crippen LogP contribution < -0.4 is 0 Å². The van der Waals surface area contributed by atoms with Gasteiger partial charge < -0.3 is 14.9 Å². The van der Waals surface area contributed by atoms with Crippen LogP contribution in [0.25, 0.3) is 0 Å². The predicted molar refractivity (Wildman–Crippen MR) is 68.1 cm³/mol. The number of likely N-dealkylation sites (N-methyl/N-ethyl adjacent to an activating group) is 1. The zero-order valence-electron chi connectivity index (χ0n) is 10.6. The fourth-order valence-electron chi connectivity index (χ4n) is 1.89. The van der Waals surface area contributed by atoms with E-state index in [1.54, 1.807) is 13.8 Å².